The molecule has 160 valence electrons. The Kier molecular flexibility index (Phi) is 6.59. The Morgan fingerprint density at radius 1 is 1.19 bits per heavy atom. The van der Waals surface area contributed by atoms with E-state index < -0.39 is 6.10 Å². The summed E-state index contributed by atoms with van der Waals surface area (Å²) in [6.45, 7) is 0.961. The van der Waals surface area contributed by atoms with Crippen LogP contribution in [0.2, 0.25) is 0 Å². The molecule has 7 nitrogen and oxygen atoms in total. The highest BCUT2D eigenvalue weighted by Gasteiger charge is 2.24. The fourth-order valence-electron chi connectivity index (χ4n) is 3.25. The van der Waals surface area contributed by atoms with E-state index in [1.807, 2.05) is 41.8 Å². The van der Waals surface area contributed by atoms with E-state index >= 15 is 0 Å². The monoisotopic (exact) mass is 438 g/mol. The number of anilines is 1. The second-order valence-electron chi connectivity index (χ2n) is 7.00. The normalized spacial score (nSPS) is 15.5. The highest BCUT2D eigenvalue weighted by atomic mass is 32.1. The first-order chi connectivity index (χ1) is 15.1. The van der Waals surface area contributed by atoms with E-state index in [1.165, 1.54) is 18.4 Å². The van der Waals surface area contributed by atoms with Crippen molar-refractivity contribution < 1.29 is 23.8 Å². The minimum atomic E-state index is -0.395. The molecule has 1 aromatic heterocycles. The number of amides is 1. The van der Waals surface area contributed by atoms with Gasteiger partial charge in [0.05, 0.1) is 18.4 Å². The average molecular weight is 439 g/mol. The van der Waals surface area contributed by atoms with Gasteiger partial charge in [-0.15, -0.1) is 11.3 Å². The van der Waals surface area contributed by atoms with Crippen molar-refractivity contribution in [3.8, 4) is 17.0 Å². The van der Waals surface area contributed by atoms with Crippen molar-refractivity contribution in [3.63, 3.8) is 0 Å². The molecule has 4 rings (SSSR count). The Labute approximate surface area is 184 Å². The van der Waals surface area contributed by atoms with E-state index in [0.717, 1.165) is 29.7 Å². The van der Waals surface area contributed by atoms with Gasteiger partial charge in [-0.3, -0.25) is 10.1 Å². The first-order valence-corrected chi connectivity index (χ1v) is 10.8. The number of rotatable bonds is 7. The number of hydrogen-bond donors (Lipinski definition) is 1. The molecular formula is C23H22N2O5S. The van der Waals surface area contributed by atoms with Crippen molar-refractivity contribution in [2.75, 3.05) is 19.0 Å². The summed E-state index contributed by atoms with van der Waals surface area (Å²) in [5.41, 5.74) is 2.98. The van der Waals surface area contributed by atoms with E-state index in [9.17, 15) is 9.59 Å². The molecule has 1 aliphatic rings. The maximum absolute atomic E-state index is 12.2. The summed E-state index contributed by atoms with van der Waals surface area (Å²) >= 11 is 1.36. The number of para-hydroxylation sites is 1. The second-order valence-corrected chi connectivity index (χ2v) is 7.86. The van der Waals surface area contributed by atoms with Gasteiger partial charge < -0.3 is 14.2 Å². The van der Waals surface area contributed by atoms with Crippen LogP contribution in [0.25, 0.3) is 11.3 Å². The number of esters is 1. The molecule has 1 unspecified atom stereocenters. The molecule has 1 aliphatic heterocycles. The van der Waals surface area contributed by atoms with Gasteiger partial charge in [-0.05, 0) is 42.7 Å². The Morgan fingerprint density at radius 2 is 2.00 bits per heavy atom. The van der Waals surface area contributed by atoms with Gasteiger partial charge in [-0.1, -0.05) is 24.3 Å². The summed E-state index contributed by atoms with van der Waals surface area (Å²) in [4.78, 5) is 28.4. The smallest absolute Gasteiger partial charge is 0.337 e. The molecule has 1 saturated heterocycles. The van der Waals surface area contributed by atoms with Crippen molar-refractivity contribution in [3.05, 3.63) is 65.0 Å². The van der Waals surface area contributed by atoms with Gasteiger partial charge in [-0.2, -0.15) is 0 Å². The Balaban J connectivity index is 1.43. The minimum Gasteiger partial charge on any atom is -0.488 e. The molecule has 0 spiro atoms. The van der Waals surface area contributed by atoms with Crippen LogP contribution >= 0.6 is 11.3 Å². The zero-order chi connectivity index (χ0) is 21.6. The Hall–Kier alpha value is -3.23. The van der Waals surface area contributed by atoms with Gasteiger partial charge in [-0.25, -0.2) is 9.78 Å². The lowest BCUT2D eigenvalue weighted by Gasteiger charge is -2.11. The number of thiazole rings is 1. The molecule has 3 aromatic rings. The zero-order valence-corrected chi connectivity index (χ0v) is 17.8. The maximum atomic E-state index is 12.2. The van der Waals surface area contributed by atoms with Crippen LogP contribution in [0.1, 0.15) is 28.8 Å². The summed E-state index contributed by atoms with van der Waals surface area (Å²) in [7, 11) is 1.36. The van der Waals surface area contributed by atoms with Crippen molar-refractivity contribution >= 4 is 28.3 Å². The number of benzene rings is 2. The molecule has 8 heteroatoms. The lowest BCUT2D eigenvalue weighted by molar-refractivity contribution is -0.124. The van der Waals surface area contributed by atoms with Gasteiger partial charge in [0.15, 0.2) is 5.13 Å². The van der Waals surface area contributed by atoms with Gasteiger partial charge in [0.2, 0.25) is 0 Å². The standard InChI is InChI=1S/C23H22N2O5S/c1-28-22(27)16-10-8-15(9-11-16)13-30-19-6-3-2-5-17(19)18-14-31-23(24-18)25-21(26)20-7-4-12-29-20/h2-3,5-6,8-11,14,20H,4,7,12-13H2,1H3,(H,24,25,26). The summed E-state index contributed by atoms with van der Waals surface area (Å²) in [6.07, 6.45) is 1.24. The van der Waals surface area contributed by atoms with Crippen molar-refractivity contribution in [1.82, 2.24) is 4.98 Å². The van der Waals surface area contributed by atoms with Crippen LogP contribution < -0.4 is 10.1 Å². The molecule has 0 aliphatic carbocycles. The number of nitrogens with one attached hydrogen (secondary N) is 1. The number of methoxy groups -OCH3 is 1. The lowest BCUT2D eigenvalue weighted by atomic mass is 10.1. The molecule has 31 heavy (non-hydrogen) atoms. The maximum Gasteiger partial charge on any atom is 0.337 e. The van der Waals surface area contributed by atoms with E-state index in [0.29, 0.717) is 29.7 Å². The summed E-state index contributed by atoms with van der Waals surface area (Å²) in [5.74, 6) is 0.156. The quantitative estimate of drug-likeness (QED) is 0.554. The first-order valence-electron chi connectivity index (χ1n) is 9.91. The summed E-state index contributed by atoms with van der Waals surface area (Å²) in [6, 6.07) is 14.7. The third kappa shape index (κ3) is 5.10. The van der Waals surface area contributed by atoms with Gasteiger partial charge in [0, 0.05) is 17.6 Å². The SMILES string of the molecule is COC(=O)c1ccc(COc2ccccc2-c2csc(NC(=O)C3CCCO3)n2)cc1. The number of hydrogen-bond acceptors (Lipinski definition) is 7. The van der Waals surface area contributed by atoms with Crippen LogP contribution in [0.15, 0.2) is 53.9 Å². The summed E-state index contributed by atoms with van der Waals surface area (Å²) in [5, 5.41) is 5.25. The van der Waals surface area contributed by atoms with Crippen molar-refractivity contribution in [2.45, 2.75) is 25.6 Å². The highest BCUT2D eigenvalue weighted by molar-refractivity contribution is 7.14. The lowest BCUT2D eigenvalue weighted by Crippen LogP contribution is -2.26. The highest BCUT2D eigenvalue weighted by Crippen LogP contribution is 2.33. The fourth-order valence-corrected chi connectivity index (χ4v) is 3.96. The number of nitrogens with zero attached hydrogens (tertiary/aromatic N) is 1. The average Bonchev–Trinajstić information content (AvgIpc) is 3.50. The molecule has 0 saturated carbocycles. The summed E-state index contributed by atoms with van der Waals surface area (Å²) < 4.78 is 16.2. The van der Waals surface area contributed by atoms with E-state index in [-0.39, 0.29) is 11.9 Å². The fraction of sp³-hybridized carbons (Fsp3) is 0.261. The van der Waals surface area contributed by atoms with Crippen molar-refractivity contribution in [1.29, 1.82) is 0 Å². The predicted molar refractivity (Wildman–Crippen MR) is 117 cm³/mol. The Morgan fingerprint density at radius 3 is 2.74 bits per heavy atom. The van der Waals surface area contributed by atoms with Crippen LogP contribution in [-0.2, 0) is 20.9 Å². The molecular weight excluding hydrogens is 416 g/mol. The van der Waals surface area contributed by atoms with E-state index in [4.69, 9.17) is 14.2 Å². The minimum absolute atomic E-state index is 0.154. The molecule has 0 radical (unpaired) electrons. The molecule has 1 amide bonds. The molecule has 0 bridgehead atoms. The molecule has 1 atom stereocenters. The third-order valence-corrected chi connectivity index (χ3v) is 5.65. The Bertz CT molecular complexity index is 1060. The van der Waals surface area contributed by atoms with Gasteiger partial charge in [0.25, 0.3) is 5.91 Å². The predicted octanol–water partition coefficient (Wildman–Crippen LogP) is 4.29. The first kappa shape index (κ1) is 21.0. The number of aromatic nitrogens is 1. The number of carbonyl (C=O) groups excluding carboxylic acids is 2. The third-order valence-electron chi connectivity index (χ3n) is 4.89. The molecule has 2 aromatic carbocycles. The largest absolute Gasteiger partial charge is 0.488 e. The number of ether oxygens (including phenoxy) is 3. The molecule has 2 heterocycles. The topological polar surface area (TPSA) is 86.8 Å². The van der Waals surface area contributed by atoms with Crippen LogP contribution in [0.3, 0.4) is 0 Å². The van der Waals surface area contributed by atoms with E-state index in [2.05, 4.69) is 10.3 Å². The molecule has 1 fully saturated rings. The zero-order valence-electron chi connectivity index (χ0n) is 17.0. The number of carbonyl (C=O) groups is 2. The van der Waals surface area contributed by atoms with E-state index in [1.54, 1.807) is 12.1 Å². The van der Waals surface area contributed by atoms with Crippen LogP contribution in [0, 0.1) is 0 Å². The van der Waals surface area contributed by atoms with Gasteiger partial charge >= 0.3 is 5.97 Å². The van der Waals surface area contributed by atoms with Crippen LogP contribution in [-0.4, -0.2) is 36.7 Å². The van der Waals surface area contributed by atoms with Gasteiger partial charge in [0.1, 0.15) is 18.5 Å². The second kappa shape index (κ2) is 9.72. The van der Waals surface area contributed by atoms with Crippen molar-refractivity contribution in [2.24, 2.45) is 0 Å². The molecule has 1 N–H and O–H groups in total. The van der Waals surface area contributed by atoms with Crippen LogP contribution in [0.4, 0.5) is 5.13 Å². The van der Waals surface area contributed by atoms with Crippen LogP contribution in [0.5, 0.6) is 5.75 Å².